The number of benzene rings is 1. The SMILES string of the molecule is CC[C@@H](NC(=S)Nc1cc(C)ccn1)c1ccc(C)c(C)c1. The van der Waals surface area contributed by atoms with E-state index >= 15 is 0 Å². The van der Waals surface area contributed by atoms with Crippen LogP contribution in [0.1, 0.15) is 41.6 Å². The lowest BCUT2D eigenvalue weighted by Crippen LogP contribution is -2.32. The fraction of sp³-hybridized carbons (Fsp3) is 0.333. The average molecular weight is 313 g/mol. The van der Waals surface area contributed by atoms with E-state index in [9.17, 15) is 0 Å². The Bertz CT molecular complexity index is 667. The first-order chi connectivity index (χ1) is 10.5. The van der Waals surface area contributed by atoms with Gasteiger partial charge in [-0.05, 0) is 73.8 Å². The van der Waals surface area contributed by atoms with Crippen LogP contribution in [-0.2, 0) is 0 Å². The molecule has 1 aromatic carbocycles. The van der Waals surface area contributed by atoms with Gasteiger partial charge in [0, 0.05) is 6.20 Å². The van der Waals surface area contributed by atoms with Crippen LogP contribution in [0.2, 0.25) is 0 Å². The molecule has 3 nitrogen and oxygen atoms in total. The van der Waals surface area contributed by atoms with Crippen LogP contribution < -0.4 is 10.6 Å². The molecule has 0 aliphatic rings. The lowest BCUT2D eigenvalue weighted by atomic mass is 9.99. The van der Waals surface area contributed by atoms with E-state index in [2.05, 4.69) is 54.6 Å². The summed E-state index contributed by atoms with van der Waals surface area (Å²) in [7, 11) is 0. The van der Waals surface area contributed by atoms with E-state index in [1.54, 1.807) is 6.20 Å². The number of rotatable bonds is 4. The van der Waals surface area contributed by atoms with Crippen molar-refractivity contribution in [2.75, 3.05) is 5.32 Å². The summed E-state index contributed by atoms with van der Waals surface area (Å²) in [5.74, 6) is 0.771. The molecule has 2 aromatic rings. The van der Waals surface area contributed by atoms with Crippen LogP contribution in [-0.4, -0.2) is 10.1 Å². The highest BCUT2D eigenvalue weighted by Crippen LogP contribution is 2.20. The highest BCUT2D eigenvalue weighted by Gasteiger charge is 2.11. The van der Waals surface area contributed by atoms with E-state index in [0.717, 1.165) is 17.8 Å². The molecule has 1 atom stereocenters. The van der Waals surface area contributed by atoms with Gasteiger partial charge in [-0.1, -0.05) is 25.1 Å². The summed E-state index contributed by atoms with van der Waals surface area (Å²) < 4.78 is 0. The molecule has 22 heavy (non-hydrogen) atoms. The van der Waals surface area contributed by atoms with Crippen molar-refractivity contribution in [2.24, 2.45) is 0 Å². The third-order valence-electron chi connectivity index (χ3n) is 3.80. The maximum atomic E-state index is 5.42. The van der Waals surface area contributed by atoms with Gasteiger partial charge in [-0.2, -0.15) is 0 Å². The molecule has 2 N–H and O–H groups in total. The largest absolute Gasteiger partial charge is 0.356 e. The number of pyridine rings is 1. The van der Waals surface area contributed by atoms with Crippen LogP contribution in [0.3, 0.4) is 0 Å². The first-order valence-electron chi connectivity index (χ1n) is 7.57. The van der Waals surface area contributed by atoms with Crippen LogP contribution in [0.5, 0.6) is 0 Å². The molecule has 4 heteroatoms. The Morgan fingerprint density at radius 3 is 2.55 bits per heavy atom. The first kappa shape index (κ1) is 16.4. The number of thiocarbonyl (C=S) groups is 1. The monoisotopic (exact) mass is 313 g/mol. The van der Waals surface area contributed by atoms with Gasteiger partial charge < -0.3 is 10.6 Å². The van der Waals surface area contributed by atoms with Crippen LogP contribution in [0.4, 0.5) is 5.82 Å². The summed E-state index contributed by atoms with van der Waals surface area (Å²) in [6.45, 7) is 8.45. The van der Waals surface area contributed by atoms with Crippen molar-refractivity contribution in [2.45, 2.75) is 40.2 Å². The molecule has 0 saturated carbocycles. The van der Waals surface area contributed by atoms with Crippen LogP contribution in [0.15, 0.2) is 36.5 Å². The van der Waals surface area contributed by atoms with Crippen molar-refractivity contribution in [3.8, 4) is 0 Å². The van der Waals surface area contributed by atoms with Gasteiger partial charge in [0.2, 0.25) is 0 Å². The van der Waals surface area contributed by atoms with E-state index < -0.39 is 0 Å². The summed E-state index contributed by atoms with van der Waals surface area (Å²) in [5.41, 5.74) is 5.02. The van der Waals surface area contributed by atoms with Crippen molar-refractivity contribution in [1.82, 2.24) is 10.3 Å². The second kappa shape index (κ2) is 7.36. The molecule has 0 fully saturated rings. The topological polar surface area (TPSA) is 37.0 Å². The number of aryl methyl sites for hydroxylation is 3. The van der Waals surface area contributed by atoms with Crippen LogP contribution >= 0.6 is 12.2 Å². The first-order valence-corrected chi connectivity index (χ1v) is 7.97. The third kappa shape index (κ3) is 4.28. The maximum Gasteiger partial charge on any atom is 0.172 e. The molecule has 0 bridgehead atoms. The molecule has 0 spiro atoms. The molecular formula is C18H23N3S. The Kier molecular flexibility index (Phi) is 5.50. The van der Waals surface area contributed by atoms with Gasteiger partial charge in [-0.15, -0.1) is 0 Å². The van der Waals surface area contributed by atoms with Gasteiger partial charge in [0.05, 0.1) is 6.04 Å². The Balaban J connectivity index is 2.06. The van der Waals surface area contributed by atoms with Gasteiger partial charge in [0.25, 0.3) is 0 Å². The van der Waals surface area contributed by atoms with Crippen molar-refractivity contribution < 1.29 is 0 Å². The zero-order valence-corrected chi connectivity index (χ0v) is 14.4. The second-order valence-corrected chi connectivity index (χ2v) is 6.03. The number of hydrogen-bond donors (Lipinski definition) is 2. The molecule has 0 aliphatic heterocycles. The number of nitrogens with zero attached hydrogens (tertiary/aromatic N) is 1. The van der Waals surface area contributed by atoms with Crippen molar-refractivity contribution in [3.05, 3.63) is 58.8 Å². The molecule has 1 heterocycles. The van der Waals surface area contributed by atoms with E-state index in [0.29, 0.717) is 5.11 Å². The summed E-state index contributed by atoms with van der Waals surface area (Å²) >= 11 is 5.42. The quantitative estimate of drug-likeness (QED) is 0.818. The van der Waals surface area contributed by atoms with E-state index in [1.807, 2.05) is 19.1 Å². The molecule has 2 rings (SSSR count). The zero-order chi connectivity index (χ0) is 16.1. The normalized spacial score (nSPS) is 11.8. The second-order valence-electron chi connectivity index (χ2n) is 5.62. The summed E-state index contributed by atoms with van der Waals surface area (Å²) in [4.78, 5) is 4.27. The Morgan fingerprint density at radius 1 is 1.14 bits per heavy atom. The van der Waals surface area contributed by atoms with Gasteiger partial charge in [-0.25, -0.2) is 4.98 Å². The lowest BCUT2D eigenvalue weighted by Gasteiger charge is -2.20. The van der Waals surface area contributed by atoms with Crippen molar-refractivity contribution >= 4 is 23.1 Å². The Hall–Kier alpha value is -1.94. The van der Waals surface area contributed by atoms with E-state index in [4.69, 9.17) is 12.2 Å². The fourth-order valence-corrected chi connectivity index (χ4v) is 2.56. The van der Waals surface area contributed by atoms with Crippen LogP contribution in [0, 0.1) is 20.8 Å². The van der Waals surface area contributed by atoms with Gasteiger partial charge in [-0.3, -0.25) is 0 Å². The predicted octanol–water partition coefficient (Wildman–Crippen LogP) is 4.44. The smallest absolute Gasteiger partial charge is 0.172 e. The molecule has 1 aromatic heterocycles. The molecule has 0 radical (unpaired) electrons. The Labute approximate surface area is 138 Å². The molecule has 0 amide bonds. The lowest BCUT2D eigenvalue weighted by molar-refractivity contribution is 0.628. The minimum atomic E-state index is 0.198. The summed E-state index contributed by atoms with van der Waals surface area (Å²) in [6.07, 6.45) is 2.74. The number of anilines is 1. The maximum absolute atomic E-state index is 5.42. The molecule has 116 valence electrons. The van der Waals surface area contributed by atoms with Gasteiger partial charge in [0.15, 0.2) is 5.11 Å². The minimum absolute atomic E-state index is 0.198. The fourth-order valence-electron chi connectivity index (χ4n) is 2.32. The van der Waals surface area contributed by atoms with E-state index in [-0.39, 0.29) is 6.04 Å². The standard InChI is InChI=1S/C18H23N3S/c1-5-16(15-7-6-13(3)14(4)11-15)20-18(22)21-17-10-12(2)8-9-19-17/h6-11,16H,5H2,1-4H3,(H2,19,20,21,22)/t16-/m1/s1. The predicted molar refractivity (Wildman–Crippen MR) is 97.3 cm³/mol. The Morgan fingerprint density at radius 2 is 1.91 bits per heavy atom. The summed E-state index contributed by atoms with van der Waals surface area (Å²) in [5, 5.41) is 7.13. The van der Waals surface area contributed by atoms with Crippen LogP contribution in [0.25, 0.3) is 0 Å². The molecule has 0 aliphatic carbocycles. The number of hydrogen-bond acceptors (Lipinski definition) is 2. The number of nitrogens with one attached hydrogen (secondary N) is 2. The van der Waals surface area contributed by atoms with Gasteiger partial charge >= 0.3 is 0 Å². The molecule has 0 saturated heterocycles. The highest BCUT2D eigenvalue weighted by molar-refractivity contribution is 7.80. The zero-order valence-electron chi connectivity index (χ0n) is 13.6. The number of aromatic nitrogens is 1. The average Bonchev–Trinajstić information content (AvgIpc) is 2.48. The van der Waals surface area contributed by atoms with Crippen molar-refractivity contribution in [3.63, 3.8) is 0 Å². The molecular weight excluding hydrogens is 290 g/mol. The highest BCUT2D eigenvalue weighted by atomic mass is 32.1. The third-order valence-corrected chi connectivity index (χ3v) is 4.02. The minimum Gasteiger partial charge on any atom is -0.356 e. The van der Waals surface area contributed by atoms with Crippen molar-refractivity contribution in [1.29, 1.82) is 0 Å². The summed E-state index contributed by atoms with van der Waals surface area (Å²) in [6, 6.07) is 10.7. The van der Waals surface area contributed by atoms with E-state index in [1.165, 1.54) is 16.7 Å². The van der Waals surface area contributed by atoms with Gasteiger partial charge in [0.1, 0.15) is 5.82 Å². The molecule has 0 unspecified atom stereocenters.